The van der Waals surface area contributed by atoms with Gasteiger partial charge in [-0.15, -0.1) is 5.10 Å². The zero-order valence-electron chi connectivity index (χ0n) is 14.9. The minimum Gasteiger partial charge on any atom is -0.322 e. The van der Waals surface area contributed by atoms with E-state index in [-0.39, 0.29) is 37.7 Å². The van der Waals surface area contributed by atoms with E-state index in [2.05, 4.69) is 15.4 Å². The SMILES string of the molecule is CC1CN(C(=O)Nc2ncn(C3CCCCC3)n2)CCN1CC(F)(F)F. The van der Waals surface area contributed by atoms with Crippen molar-refractivity contribution in [2.75, 3.05) is 31.5 Å². The molecule has 0 radical (unpaired) electrons. The lowest BCUT2D eigenvalue weighted by atomic mass is 9.96. The number of urea groups is 1. The highest BCUT2D eigenvalue weighted by Crippen LogP contribution is 2.27. The number of piperazine rings is 1. The van der Waals surface area contributed by atoms with Crippen molar-refractivity contribution < 1.29 is 18.0 Å². The predicted molar refractivity (Wildman–Crippen MR) is 89.8 cm³/mol. The number of hydrogen-bond donors (Lipinski definition) is 1. The fourth-order valence-electron chi connectivity index (χ4n) is 3.67. The van der Waals surface area contributed by atoms with Crippen LogP contribution in [0.2, 0.25) is 0 Å². The molecule has 1 N–H and O–H groups in total. The van der Waals surface area contributed by atoms with Crippen LogP contribution in [0.5, 0.6) is 0 Å². The Hall–Kier alpha value is -1.84. The van der Waals surface area contributed by atoms with Crippen molar-refractivity contribution in [3.63, 3.8) is 0 Å². The molecule has 0 bridgehead atoms. The average Bonchev–Trinajstić information content (AvgIpc) is 3.05. The van der Waals surface area contributed by atoms with Crippen LogP contribution in [0.25, 0.3) is 0 Å². The standard InChI is InChI=1S/C16H25F3N6O/c1-12-9-23(7-8-24(12)10-16(17,18)19)15(26)21-14-20-11-25(22-14)13-5-3-2-4-6-13/h11-13H,2-10H2,1H3,(H,21,22,26). The van der Waals surface area contributed by atoms with Crippen molar-refractivity contribution in [3.05, 3.63) is 6.33 Å². The Morgan fingerprint density at radius 2 is 2.00 bits per heavy atom. The van der Waals surface area contributed by atoms with E-state index in [9.17, 15) is 18.0 Å². The van der Waals surface area contributed by atoms with E-state index in [4.69, 9.17) is 0 Å². The number of rotatable bonds is 3. The van der Waals surface area contributed by atoms with E-state index >= 15 is 0 Å². The molecule has 2 fully saturated rings. The van der Waals surface area contributed by atoms with Crippen molar-refractivity contribution in [1.82, 2.24) is 24.6 Å². The van der Waals surface area contributed by atoms with Gasteiger partial charge in [0, 0.05) is 25.7 Å². The highest BCUT2D eigenvalue weighted by atomic mass is 19.4. The Balaban J connectivity index is 1.52. The minimum absolute atomic E-state index is 0.192. The summed E-state index contributed by atoms with van der Waals surface area (Å²) in [5, 5.41) is 7.00. The molecule has 1 aromatic heterocycles. The molecule has 2 amide bonds. The molecule has 0 spiro atoms. The first-order chi connectivity index (χ1) is 12.3. The summed E-state index contributed by atoms with van der Waals surface area (Å²) in [5.74, 6) is 0.242. The van der Waals surface area contributed by atoms with Gasteiger partial charge >= 0.3 is 12.2 Å². The van der Waals surface area contributed by atoms with E-state index in [0.717, 1.165) is 12.8 Å². The van der Waals surface area contributed by atoms with Crippen molar-refractivity contribution >= 4 is 12.0 Å². The van der Waals surface area contributed by atoms with Crippen LogP contribution in [0.1, 0.15) is 45.1 Å². The third-order valence-electron chi connectivity index (χ3n) is 5.11. The molecule has 3 rings (SSSR count). The fourth-order valence-corrected chi connectivity index (χ4v) is 3.67. The van der Waals surface area contributed by atoms with Gasteiger partial charge in [0.25, 0.3) is 0 Å². The smallest absolute Gasteiger partial charge is 0.322 e. The molecule has 7 nitrogen and oxygen atoms in total. The number of carbonyl (C=O) groups excluding carboxylic acids is 1. The lowest BCUT2D eigenvalue weighted by Crippen LogP contribution is -2.56. The topological polar surface area (TPSA) is 66.3 Å². The molecule has 1 unspecified atom stereocenters. The maximum atomic E-state index is 12.6. The Labute approximate surface area is 150 Å². The molecule has 26 heavy (non-hydrogen) atoms. The average molecular weight is 374 g/mol. The molecule has 1 atom stereocenters. The quantitative estimate of drug-likeness (QED) is 0.884. The normalized spacial score (nSPS) is 23.2. The van der Waals surface area contributed by atoms with Crippen LogP contribution < -0.4 is 5.32 Å². The molecule has 10 heteroatoms. The molecule has 2 aliphatic rings. The van der Waals surface area contributed by atoms with Crippen LogP contribution in [0.15, 0.2) is 6.33 Å². The van der Waals surface area contributed by atoms with Gasteiger partial charge < -0.3 is 4.90 Å². The van der Waals surface area contributed by atoms with Crippen LogP contribution in [0.4, 0.5) is 23.9 Å². The van der Waals surface area contributed by atoms with Crippen molar-refractivity contribution in [2.24, 2.45) is 0 Å². The number of anilines is 1. The molecule has 1 saturated heterocycles. The molecule has 1 saturated carbocycles. The second kappa shape index (κ2) is 7.81. The number of nitrogens with zero attached hydrogens (tertiary/aromatic N) is 5. The number of alkyl halides is 3. The van der Waals surface area contributed by atoms with E-state index in [0.29, 0.717) is 6.04 Å². The molecule has 1 aliphatic carbocycles. The summed E-state index contributed by atoms with van der Waals surface area (Å²) < 4.78 is 39.5. The van der Waals surface area contributed by atoms with Crippen molar-refractivity contribution in [1.29, 1.82) is 0 Å². The van der Waals surface area contributed by atoms with Crippen molar-refractivity contribution in [2.45, 2.75) is 57.3 Å². The van der Waals surface area contributed by atoms with Gasteiger partial charge in [0.2, 0.25) is 5.95 Å². The lowest BCUT2D eigenvalue weighted by Gasteiger charge is -2.39. The van der Waals surface area contributed by atoms with Crippen LogP contribution in [0.3, 0.4) is 0 Å². The second-order valence-corrected chi connectivity index (χ2v) is 7.15. The summed E-state index contributed by atoms with van der Waals surface area (Å²) in [7, 11) is 0. The largest absolute Gasteiger partial charge is 0.401 e. The van der Waals surface area contributed by atoms with Gasteiger partial charge in [-0.3, -0.25) is 10.2 Å². The summed E-state index contributed by atoms with van der Waals surface area (Å²) in [5.41, 5.74) is 0. The van der Waals surface area contributed by atoms with Crippen molar-refractivity contribution in [3.8, 4) is 0 Å². The molecule has 146 valence electrons. The molecular formula is C16H25F3N6O. The zero-order chi connectivity index (χ0) is 18.7. The number of amides is 2. The van der Waals surface area contributed by atoms with Gasteiger partial charge in [-0.2, -0.15) is 13.2 Å². The van der Waals surface area contributed by atoms with Gasteiger partial charge in [0.05, 0.1) is 12.6 Å². The van der Waals surface area contributed by atoms with E-state index < -0.39 is 12.7 Å². The first-order valence-corrected chi connectivity index (χ1v) is 9.10. The summed E-state index contributed by atoms with van der Waals surface area (Å²) in [6.45, 7) is 1.43. The number of halogens is 3. The third-order valence-corrected chi connectivity index (χ3v) is 5.11. The molecule has 2 heterocycles. The van der Waals surface area contributed by atoms with Crippen LogP contribution in [-0.2, 0) is 0 Å². The Morgan fingerprint density at radius 3 is 2.65 bits per heavy atom. The van der Waals surface area contributed by atoms with E-state index in [1.807, 2.05) is 0 Å². The summed E-state index contributed by atoms with van der Waals surface area (Å²) in [4.78, 5) is 19.4. The predicted octanol–water partition coefficient (Wildman–Crippen LogP) is 2.88. The van der Waals surface area contributed by atoms with Gasteiger partial charge in [0.1, 0.15) is 6.33 Å². The Kier molecular flexibility index (Phi) is 5.69. The summed E-state index contributed by atoms with van der Waals surface area (Å²) in [6, 6.07) is -0.401. The maximum absolute atomic E-state index is 12.6. The van der Waals surface area contributed by atoms with Gasteiger partial charge in [0.15, 0.2) is 0 Å². The number of nitrogens with one attached hydrogen (secondary N) is 1. The molecule has 0 aromatic carbocycles. The fraction of sp³-hybridized carbons (Fsp3) is 0.812. The van der Waals surface area contributed by atoms with Crippen LogP contribution in [-0.4, -0.2) is 69.0 Å². The first-order valence-electron chi connectivity index (χ1n) is 9.10. The first kappa shape index (κ1) is 18.9. The van der Waals surface area contributed by atoms with Gasteiger partial charge in [-0.1, -0.05) is 19.3 Å². The Bertz CT molecular complexity index is 613. The van der Waals surface area contributed by atoms with Gasteiger partial charge in [-0.25, -0.2) is 14.5 Å². The zero-order valence-corrected chi connectivity index (χ0v) is 14.9. The Morgan fingerprint density at radius 1 is 1.27 bits per heavy atom. The highest BCUT2D eigenvalue weighted by Gasteiger charge is 2.36. The third kappa shape index (κ3) is 4.87. The van der Waals surface area contributed by atoms with E-state index in [1.54, 1.807) is 17.9 Å². The summed E-state index contributed by atoms with van der Waals surface area (Å²) >= 11 is 0. The van der Waals surface area contributed by atoms with E-state index in [1.165, 1.54) is 29.1 Å². The lowest BCUT2D eigenvalue weighted by molar-refractivity contribution is -0.153. The number of hydrogen-bond acceptors (Lipinski definition) is 4. The highest BCUT2D eigenvalue weighted by molar-refractivity contribution is 5.87. The molecule has 1 aromatic rings. The monoisotopic (exact) mass is 374 g/mol. The number of carbonyl (C=O) groups is 1. The maximum Gasteiger partial charge on any atom is 0.401 e. The number of aromatic nitrogens is 3. The van der Waals surface area contributed by atoms with Crippen LogP contribution in [0, 0.1) is 0 Å². The molecular weight excluding hydrogens is 349 g/mol. The second-order valence-electron chi connectivity index (χ2n) is 7.15. The summed E-state index contributed by atoms with van der Waals surface area (Å²) in [6.07, 6.45) is 3.13. The molecule has 1 aliphatic heterocycles. The van der Waals surface area contributed by atoms with Crippen LogP contribution >= 0.6 is 0 Å². The minimum atomic E-state index is -4.23. The van der Waals surface area contributed by atoms with Gasteiger partial charge in [-0.05, 0) is 19.8 Å².